The predicted molar refractivity (Wildman–Crippen MR) is 119 cm³/mol. The van der Waals surface area contributed by atoms with Crippen LogP contribution in [0.1, 0.15) is 17.3 Å². The third-order valence-corrected chi connectivity index (χ3v) is 7.39. The Morgan fingerprint density at radius 1 is 1.16 bits per heavy atom. The summed E-state index contributed by atoms with van der Waals surface area (Å²) in [5, 5.41) is 0. The van der Waals surface area contributed by atoms with Gasteiger partial charge in [-0.1, -0.05) is 11.3 Å². The van der Waals surface area contributed by atoms with Crippen LogP contribution in [0.15, 0.2) is 51.8 Å². The number of nitrogens with zero attached hydrogens (tertiary/aromatic N) is 3. The van der Waals surface area contributed by atoms with Gasteiger partial charge in [0.15, 0.2) is 14.6 Å². The molecule has 2 aromatic heterocycles. The van der Waals surface area contributed by atoms with Gasteiger partial charge in [-0.15, -0.1) is 11.3 Å². The summed E-state index contributed by atoms with van der Waals surface area (Å²) in [6.07, 6.45) is 1.12. The largest absolute Gasteiger partial charge is 0.465 e. The van der Waals surface area contributed by atoms with E-state index in [1.165, 1.54) is 23.5 Å². The average molecular weight is 476 g/mol. The minimum atomic E-state index is -3.41. The van der Waals surface area contributed by atoms with E-state index in [4.69, 9.17) is 4.74 Å². The lowest BCUT2D eigenvalue weighted by molar-refractivity contribution is -0.143. The van der Waals surface area contributed by atoms with Crippen molar-refractivity contribution in [2.75, 3.05) is 12.9 Å². The number of esters is 1. The minimum absolute atomic E-state index is 0.147. The Morgan fingerprint density at radius 2 is 1.97 bits per heavy atom. The molecule has 11 heteroatoms. The van der Waals surface area contributed by atoms with Gasteiger partial charge in [-0.3, -0.25) is 9.59 Å². The summed E-state index contributed by atoms with van der Waals surface area (Å²) in [5.41, 5.74) is 3.49. The summed E-state index contributed by atoms with van der Waals surface area (Å²) >= 11 is 2.56. The number of hydrogen-bond acceptors (Lipinski definition) is 8. The highest BCUT2D eigenvalue weighted by Gasteiger charge is 2.16. The molecule has 8 nitrogen and oxygen atoms in total. The maximum absolute atomic E-state index is 12.8. The van der Waals surface area contributed by atoms with Gasteiger partial charge in [0, 0.05) is 11.8 Å². The second kappa shape index (κ2) is 8.33. The summed E-state index contributed by atoms with van der Waals surface area (Å²) in [6.45, 7) is 1.78. The van der Waals surface area contributed by atoms with Crippen LogP contribution in [0.4, 0.5) is 0 Å². The molecular formula is C20H17N3O5S3. The summed E-state index contributed by atoms with van der Waals surface area (Å²) in [6, 6.07) is 9.72. The van der Waals surface area contributed by atoms with Crippen molar-refractivity contribution in [3.05, 3.63) is 52.3 Å². The fraction of sp³-hybridized carbons (Fsp3) is 0.200. The van der Waals surface area contributed by atoms with Crippen LogP contribution in [0.3, 0.4) is 0 Å². The van der Waals surface area contributed by atoms with Crippen LogP contribution in [0.5, 0.6) is 0 Å². The highest BCUT2D eigenvalue weighted by molar-refractivity contribution is 7.90. The molecule has 4 aromatic rings. The molecule has 0 aliphatic heterocycles. The molecule has 0 aliphatic rings. The fourth-order valence-corrected chi connectivity index (χ4v) is 5.50. The SMILES string of the molecule is CCOC(=O)Cn1c(=NC(=O)c2ccc3ncsc3c2)sc2cc(S(C)(=O)=O)ccc21. The molecule has 0 N–H and O–H groups in total. The number of sulfone groups is 1. The Balaban J connectivity index is 1.85. The van der Waals surface area contributed by atoms with Crippen molar-refractivity contribution in [3.63, 3.8) is 0 Å². The van der Waals surface area contributed by atoms with Crippen LogP contribution in [-0.4, -0.2) is 42.7 Å². The van der Waals surface area contributed by atoms with E-state index in [-0.39, 0.29) is 22.8 Å². The lowest BCUT2D eigenvalue weighted by Gasteiger charge is -2.05. The van der Waals surface area contributed by atoms with Crippen LogP contribution in [0.25, 0.3) is 20.4 Å². The normalized spacial score (nSPS) is 12.5. The number of ether oxygens (including phenoxy) is 1. The standard InChI is InChI=1S/C20H17N3O5S3/c1-3-28-18(24)10-23-15-7-5-13(31(2,26)27)9-17(15)30-20(23)22-19(25)12-4-6-14-16(8-12)29-11-21-14/h4-9,11H,3,10H2,1-2H3. The van der Waals surface area contributed by atoms with Gasteiger partial charge in [0.05, 0.1) is 37.4 Å². The number of benzene rings is 2. The molecule has 0 saturated heterocycles. The number of hydrogen-bond donors (Lipinski definition) is 0. The first-order valence-electron chi connectivity index (χ1n) is 9.17. The van der Waals surface area contributed by atoms with Gasteiger partial charge >= 0.3 is 5.97 Å². The molecule has 31 heavy (non-hydrogen) atoms. The minimum Gasteiger partial charge on any atom is -0.465 e. The second-order valence-corrected chi connectivity index (χ2v) is 10.5. The molecule has 0 saturated carbocycles. The van der Waals surface area contributed by atoms with Gasteiger partial charge in [-0.05, 0) is 43.3 Å². The molecule has 0 radical (unpaired) electrons. The fourth-order valence-electron chi connectivity index (χ4n) is 3.00. The molecule has 1 amide bonds. The molecule has 4 rings (SSSR count). The molecular weight excluding hydrogens is 458 g/mol. The number of rotatable bonds is 5. The van der Waals surface area contributed by atoms with E-state index in [0.29, 0.717) is 15.8 Å². The van der Waals surface area contributed by atoms with Crippen molar-refractivity contribution in [1.29, 1.82) is 0 Å². The number of carbonyl (C=O) groups excluding carboxylic acids is 2. The first kappa shape index (κ1) is 21.3. The van der Waals surface area contributed by atoms with Gasteiger partial charge in [0.1, 0.15) is 6.54 Å². The van der Waals surface area contributed by atoms with Crippen LogP contribution in [0.2, 0.25) is 0 Å². The second-order valence-electron chi connectivity index (χ2n) is 6.63. The number of aromatic nitrogens is 2. The maximum Gasteiger partial charge on any atom is 0.326 e. The van der Waals surface area contributed by atoms with E-state index >= 15 is 0 Å². The van der Waals surface area contributed by atoms with Crippen LogP contribution >= 0.6 is 22.7 Å². The molecule has 0 unspecified atom stereocenters. The Kier molecular flexibility index (Phi) is 5.73. The van der Waals surface area contributed by atoms with Gasteiger partial charge < -0.3 is 9.30 Å². The Morgan fingerprint density at radius 3 is 2.71 bits per heavy atom. The summed E-state index contributed by atoms with van der Waals surface area (Å²) in [4.78, 5) is 33.8. The zero-order chi connectivity index (χ0) is 22.2. The van der Waals surface area contributed by atoms with E-state index in [1.54, 1.807) is 41.3 Å². The Labute approximate surface area is 185 Å². The lowest BCUT2D eigenvalue weighted by atomic mass is 10.2. The number of carbonyl (C=O) groups is 2. The van der Waals surface area contributed by atoms with Crippen molar-refractivity contribution < 1.29 is 22.7 Å². The number of amides is 1. The van der Waals surface area contributed by atoms with E-state index in [2.05, 4.69) is 9.98 Å². The maximum atomic E-state index is 12.8. The lowest BCUT2D eigenvalue weighted by Crippen LogP contribution is -2.23. The average Bonchev–Trinajstić information content (AvgIpc) is 3.31. The van der Waals surface area contributed by atoms with E-state index in [9.17, 15) is 18.0 Å². The van der Waals surface area contributed by atoms with Crippen molar-refractivity contribution in [2.24, 2.45) is 4.99 Å². The van der Waals surface area contributed by atoms with Gasteiger partial charge in [0.2, 0.25) is 0 Å². The molecule has 2 heterocycles. The Hall–Kier alpha value is -2.89. The zero-order valence-corrected chi connectivity index (χ0v) is 19.0. The topological polar surface area (TPSA) is 108 Å². The third-order valence-electron chi connectivity index (χ3n) is 4.45. The summed E-state index contributed by atoms with van der Waals surface area (Å²) in [7, 11) is -3.41. The molecule has 0 aliphatic carbocycles. The third kappa shape index (κ3) is 4.43. The van der Waals surface area contributed by atoms with Gasteiger partial charge in [0.25, 0.3) is 5.91 Å². The molecule has 2 aromatic carbocycles. The van der Waals surface area contributed by atoms with Crippen molar-refractivity contribution in [3.8, 4) is 0 Å². The highest BCUT2D eigenvalue weighted by Crippen LogP contribution is 2.23. The molecule has 0 spiro atoms. The first-order valence-corrected chi connectivity index (χ1v) is 12.8. The zero-order valence-electron chi connectivity index (χ0n) is 16.6. The molecule has 0 bridgehead atoms. The quantitative estimate of drug-likeness (QED) is 0.411. The number of fused-ring (bicyclic) bond motifs is 2. The molecule has 160 valence electrons. The van der Waals surface area contributed by atoms with Crippen molar-refractivity contribution in [2.45, 2.75) is 18.4 Å². The van der Waals surface area contributed by atoms with Crippen LogP contribution in [0, 0.1) is 0 Å². The monoisotopic (exact) mass is 475 g/mol. The smallest absolute Gasteiger partial charge is 0.326 e. The summed E-state index contributed by atoms with van der Waals surface area (Å²) in [5.74, 6) is -0.947. The molecule has 0 fully saturated rings. The van der Waals surface area contributed by atoms with E-state index in [1.807, 2.05) is 0 Å². The van der Waals surface area contributed by atoms with Gasteiger partial charge in [-0.2, -0.15) is 4.99 Å². The van der Waals surface area contributed by atoms with E-state index in [0.717, 1.165) is 27.8 Å². The van der Waals surface area contributed by atoms with Crippen LogP contribution in [-0.2, 0) is 25.9 Å². The molecule has 0 atom stereocenters. The van der Waals surface area contributed by atoms with Crippen molar-refractivity contribution in [1.82, 2.24) is 9.55 Å². The number of thiazole rings is 2. The van der Waals surface area contributed by atoms with Gasteiger partial charge in [-0.25, -0.2) is 13.4 Å². The summed E-state index contributed by atoms with van der Waals surface area (Å²) < 4.78 is 31.9. The van der Waals surface area contributed by atoms with Crippen molar-refractivity contribution >= 4 is 64.8 Å². The first-order chi connectivity index (χ1) is 14.8. The van der Waals surface area contributed by atoms with E-state index < -0.39 is 21.7 Å². The Bertz CT molecular complexity index is 1500. The highest BCUT2D eigenvalue weighted by atomic mass is 32.2. The predicted octanol–water partition coefficient (Wildman–Crippen LogP) is 3.02. The van der Waals surface area contributed by atoms with Crippen LogP contribution < -0.4 is 4.80 Å².